The number of nitrogens with two attached hydrogens (primary N) is 2. The zero-order chi connectivity index (χ0) is 15.2. The van der Waals surface area contributed by atoms with Crippen molar-refractivity contribution in [2.24, 2.45) is 11.5 Å². The molecule has 5 N–H and O–H groups in total. The number of rotatable bonds is 5. The number of amides is 2. The van der Waals surface area contributed by atoms with Gasteiger partial charge in [-0.05, 0) is 18.4 Å². The molecule has 1 atom stereocenters. The molecule has 1 aromatic carbocycles. The number of nitrogens with one attached hydrogen (secondary N) is 1. The third-order valence-electron chi connectivity index (χ3n) is 3.75. The summed E-state index contributed by atoms with van der Waals surface area (Å²) in [4.78, 5) is 25.0. The van der Waals surface area contributed by atoms with Crippen LogP contribution in [0.1, 0.15) is 24.4 Å². The van der Waals surface area contributed by atoms with E-state index in [4.69, 9.17) is 11.5 Å². The average Bonchev–Trinajstić information content (AvgIpc) is 2.49. The maximum Gasteiger partial charge on any atom is 0.241 e. The molecule has 0 unspecified atom stereocenters. The van der Waals surface area contributed by atoms with Crippen LogP contribution in [0.5, 0.6) is 0 Å². The van der Waals surface area contributed by atoms with Crippen LogP contribution in [0.4, 0.5) is 0 Å². The van der Waals surface area contributed by atoms with Crippen LogP contribution in [0.15, 0.2) is 30.3 Å². The van der Waals surface area contributed by atoms with Gasteiger partial charge in [-0.15, -0.1) is 0 Å². The Morgan fingerprint density at radius 2 is 1.86 bits per heavy atom. The fraction of sp³-hybridized carbons (Fsp3) is 0.467. The Kier molecular flexibility index (Phi) is 5.30. The molecule has 0 bridgehead atoms. The highest BCUT2D eigenvalue weighted by Gasteiger charge is 2.24. The van der Waals surface area contributed by atoms with Crippen LogP contribution in [0.3, 0.4) is 0 Å². The molecule has 6 nitrogen and oxygen atoms in total. The van der Waals surface area contributed by atoms with E-state index in [2.05, 4.69) is 5.32 Å². The largest absolute Gasteiger partial charge is 0.369 e. The molecule has 1 aromatic rings. The number of hydrogen-bond donors (Lipinski definition) is 3. The number of primary amides is 1. The van der Waals surface area contributed by atoms with E-state index >= 15 is 0 Å². The van der Waals surface area contributed by atoms with Gasteiger partial charge in [0.05, 0.1) is 6.54 Å². The van der Waals surface area contributed by atoms with Crippen LogP contribution < -0.4 is 16.8 Å². The number of piperidine rings is 1. The summed E-state index contributed by atoms with van der Waals surface area (Å²) in [7, 11) is 0. The van der Waals surface area contributed by atoms with E-state index in [1.54, 1.807) is 0 Å². The topological polar surface area (TPSA) is 101 Å². The van der Waals surface area contributed by atoms with Crippen LogP contribution in [-0.2, 0) is 9.59 Å². The lowest BCUT2D eigenvalue weighted by Crippen LogP contribution is -2.48. The number of hydrogen-bond acceptors (Lipinski definition) is 4. The summed E-state index contributed by atoms with van der Waals surface area (Å²) >= 11 is 0. The number of nitrogens with zero attached hydrogens (tertiary/aromatic N) is 1. The monoisotopic (exact) mass is 290 g/mol. The summed E-state index contributed by atoms with van der Waals surface area (Å²) in [5.74, 6) is -0.474. The molecule has 0 spiro atoms. The fourth-order valence-corrected chi connectivity index (χ4v) is 2.56. The van der Waals surface area contributed by atoms with Crippen LogP contribution in [0.25, 0.3) is 0 Å². The molecule has 1 heterocycles. The van der Waals surface area contributed by atoms with Crippen molar-refractivity contribution < 1.29 is 9.59 Å². The van der Waals surface area contributed by atoms with Gasteiger partial charge in [-0.2, -0.15) is 0 Å². The first-order chi connectivity index (χ1) is 10.1. The zero-order valence-electron chi connectivity index (χ0n) is 12.0. The predicted octanol–water partition coefficient (Wildman–Crippen LogP) is -0.248. The molecule has 0 radical (unpaired) electrons. The van der Waals surface area contributed by atoms with Crippen molar-refractivity contribution in [2.45, 2.75) is 24.9 Å². The maximum atomic E-state index is 12.1. The van der Waals surface area contributed by atoms with E-state index < -0.39 is 6.04 Å². The normalized spacial score (nSPS) is 18.1. The Morgan fingerprint density at radius 1 is 1.24 bits per heavy atom. The molecule has 0 aliphatic carbocycles. The quantitative estimate of drug-likeness (QED) is 0.696. The molecule has 1 aliphatic heterocycles. The third-order valence-corrected chi connectivity index (χ3v) is 3.75. The van der Waals surface area contributed by atoms with E-state index in [1.165, 1.54) is 0 Å². The summed E-state index contributed by atoms with van der Waals surface area (Å²) in [6.45, 7) is 1.80. The van der Waals surface area contributed by atoms with E-state index in [0.717, 1.165) is 31.5 Å². The Bertz CT molecular complexity index is 484. The molecule has 21 heavy (non-hydrogen) atoms. The van der Waals surface area contributed by atoms with Crippen LogP contribution in [-0.4, -0.2) is 42.4 Å². The minimum absolute atomic E-state index is 0.108. The Balaban J connectivity index is 1.80. The van der Waals surface area contributed by atoms with E-state index in [9.17, 15) is 9.59 Å². The lowest BCUT2D eigenvalue weighted by Gasteiger charge is -2.32. The average molecular weight is 290 g/mol. The van der Waals surface area contributed by atoms with E-state index in [0.29, 0.717) is 0 Å². The van der Waals surface area contributed by atoms with Crippen LogP contribution in [0.2, 0.25) is 0 Å². The molecule has 2 rings (SSSR count). The van der Waals surface area contributed by atoms with Crippen molar-refractivity contribution >= 4 is 11.8 Å². The second kappa shape index (κ2) is 7.19. The SMILES string of the molecule is NC(=O)CN1CCC(NC(=O)[C@@H](N)c2ccccc2)CC1. The lowest BCUT2D eigenvalue weighted by atomic mass is 10.0. The molecular formula is C15H22N4O2. The van der Waals surface area contributed by atoms with Gasteiger partial charge >= 0.3 is 0 Å². The second-order valence-corrected chi connectivity index (χ2v) is 5.41. The number of likely N-dealkylation sites (tertiary alicyclic amines) is 1. The first-order valence-electron chi connectivity index (χ1n) is 7.18. The maximum absolute atomic E-state index is 12.1. The van der Waals surface area contributed by atoms with Gasteiger partial charge in [0.25, 0.3) is 0 Å². The number of carbonyl (C=O) groups is 2. The summed E-state index contributed by atoms with van der Waals surface area (Å²) in [5.41, 5.74) is 11.9. The van der Waals surface area contributed by atoms with Gasteiger partial charge in [-0.1, -0.05) is 30.3 Å². The van der Waals surface area contributed by atoms with Crippen molar-refractivity contribution in [2.75, 3.05) is 19.6 Å². The summed E-state index contributed by atoms with van der Waals surface area (Å²) in [6.07, 6.45) is 1.61. The predicted molar refractivity (Wildman–Crippen MR) is 80.2 cm³/mol. The molecule has 0 aromatic heterocycles. The van der Waals surface area contributed by atoms with E-state index in [-0.39, 0.29) is 24.4 Å². The molecule has 1 aliphatic rings. The number of benzene rings is 1. The molecule has 1 fully saturated rings. The molecule has 6 heteroatoms. The van der Waals surface area contributed by atoms with E-state index in [1.807, 2.05) is 35.2 Å². The molecular weight excluding hydrogens is 268 g/mol. The lowest BCUT2D eigenvalue weighted by molar-refractivity contribution is -0.124. The highest BCUT2D eigenvalue weighted by molar-refractivity contribution is 5.83. The van der Waals surface area contributed by atoms with Crippen molar-refractivity contribution in [3.05, 3.63) is 35.9 Å². The van der Waals surface area contributed by atoms with Gasteiger partial charge in [0.2, 0.25) is 11.8 Å². The van der Waals surface area contributed by atoms with Crippen molar-refractivity contribution in [1.82, 2.24) is 10.2 Å². The Morgan fingerprint density at radius 3 is 2.43 bits per heavy atom. The Hall–Kier alpha value is -1.92. The molecule has 2 amide bonds. The van der Waals surface area contributed by atoms with Gasteiger partial charge in [0.1, 0.15) is 6.04 Å². The van der Waals surface area contributed by atoms with Crippen molar-refractivity contribution in [3.8, 4) is 0 Å². The zero-order valence-corrected chi connectivity index (χ0v) is 12.0. The standard InChI is InChI=1S/C15H22N4O2/c16-13(20)10-19-8-6-12(7-9-19)18-15(21)14(17)11-4-2-1-3-5-11/h1-5,12,14H,6-10,17H2,(H2,16,20)(H,18,21)/t14-/m0/s1. The van der Waals surface area contributed by atoms with Gasteiger partial charge in [-0.3, -0.25) is 14.5 Å². The second-order valence-electron chi connectivity index (χ2n) is 5.41. The first kappa shape index (κ1) is 15.5. The highest BCUT2D eigenvalue weighted by Crippen LogP contribution is 2.13. The minimum Gasteiger partial charge on any atom is -0.369 e. The first-order valence-corrected chi connectivity index (χ1v) is 7.18. The van der Waals surface area contributed by atoms with Gasteiger partial charge < -0.3 is 16.8 Å². The molecule has 0 saturated carbocycles. The summed E-state index contributed by atoms with van der Waals surface area (Å²) in [6, 6.07) is 8.78. The highest BCUT2D eigenvalue weighted by atomic mass is 16.2. The Labute approximate surface area is 124 Å². The smallest absolute Gasteiger partial charge is 0.241 e. The minimum atomic E-state index is -0.644. The summed E-state index contributed by atoms with van der Waals surface area (Å²) < 4.78 is 0. The van der Waals surface area contributed by atoms with Gasteiger partial charge in [0, 0.05) is 19.1 Å². The fourth-order valence-electron chi connectivity index (χ4n) is 2.56. The van der Waals surface area contributed by atoms with Crippen molar-refractivity contribution in [1.29, 1.82) is 0 Å². The molecule has 1 saturated heterocycles. The van der Waals surface area contributed by atoms with Gasteiger partial charge in [0.15, 0.2) is 0 Å². The van der Waals surface area contributed by atoms with Crippen molar-refractivity contribution in [3.63, 3.8) is 0 Å². The molecule has 114 valence electrons. The third kappa shape index (κ3) is 4.54. The van der Waals surface area contributed by atoms with Gasteiger partial charge in [-0.25, -0.2) is 0 Å². The summed E-state index contributed by atoms with van der Waals surface area (Å²) in [5, 5.41) is 2.98. The number of carbonyl (C=O) groups excluding carboxylic acids is 2. The van der Waals surface area contributed by atoms with Crippen LogP contribution in [0, 0.1) is 0 Å². The van der Waals surface area contributed by atoms with Crippen LogP contribution >= 0.6 is 0 Å².